The van der Waals surface area contributed by atoms with Gasteiger partial charge in [0.2, 0.25) is 0 Å². The summed E-state index contributed by atoms with van der Waals surface area (Å²) in [6.07, 6.45) is 1.17. The molecule has 1 aromatic carbocycles. The van der Waals surface area contributed by atoms with Crippen LogP contribution >= 0.6 is 0 Å². The summed E-state index contributed by atoms with van der Waals surface area (Å²) < 4.78 is 11.3. The van der Waals surface area contributed by atoms with Gasteiger partial charge in [0, 0.05) is 18.6 Å². The van der Waals surface area contributed by atoms with Crippen LogP contribution in [0.5, 0.6) is 11.5 Å². The van der Waals surface area contributed by atoms with Crippen molar-refractivity contribution in [3.05, 3.63) is 24.3 Å². The van der Waals surface area contributed by atoms with Crippen molar-refractivity contribution in [2.24, 2.45) is 0 Å². The van der Waals surface area contributed by atoms with E-state index < -0.39 is 0 Å². The van der Waals surface area contributed by atoms with Crippen LogP contribution in [0.4, 0.5) is 0 Å². The quantitative estimate of drug-likeness (QED) is 0.737. The third kappa shape index (κ3) is 4.11. The van der Waals surface area contributed by atoms with Crippen LogP contribution in [0.25, 0.3) is 0 Å². The second-order valence-electron chi connectivity index (χ2n) is 5.14. The molecule has 0 aromatic heterocycles. The van der Waals surface area contributed by atoms with Crippen molar-refractivity contribution < 1.29 is 9.47 Å². The molecule has 1 aliphatic rings. The highest BCUT2D eigenvalue weighted by Crippen LogP contribution is 2.26. The molecule has 2 rings (SSSR count). The van der Waals surface area contributed by atoms with Gasteiger partial charge in [-0.15, -0.1) is 0 Å². The maximum absolute atomic E-state index is 5.79. The van der Waals surface area contributed by atoms with Crippen LogP contribution < -0.4 is 20.1 Å². The Morgan fingerprint density at radius 1 is 1.26 bits per heavy atom. The predicted octanol–water partition coefficient (Wildman–Crippen LogP) is 1.81. The first-order chi connectivity index (χ1) is 9.23. The molecular weight excluding hydrogens is 240 g/mol. The fourth-order valence-electron chi connectivity index (χ4n) is 2.33. The molecule has 4 nitrogen and oxygen atoms in total. The van der Waals surface area contributed by atoms with E-state index in [1.165, 1.54) is 6.42 Å². The van der Waals surface area contributed by atoms with Crippen molar-refractivity contribution >= 4 is 0 Å². The van der Waals surface area contributed by atoms with E-state index in [4.69, 9.17) is 9.47 Å². The average molecular weight is 264 g/mol. The van der Waals surface area contributed by atoms with Gasteiger partial charge in [-0.05, 0) is 38.9 Å². The van der Waals surface area contributed by atoms with Crippen LogP contribution in [0.1, 0.15) is 20.3 Å². The molecule has 4 heteroatoms. The molecule has 1 aromatic rings. The SMILES string of the molecule is CCOc1ccccc1OCCNC1(C)CCNC1. The molecule has 1 heterocycles. The molecule has 0 amide bonds. The van der Waals surface area contributed by atoms with Crippen molar-refractivity contribution in [3.8, 4) is 11.5 Å². The van der Waals surface area contributed by atoms with E-state index in [-0.39, 0.29) is 5.54 Å². The van der Waals surface area contributed by atoms with Gasteiger partial charge in [0.15, 0.2) is 11.5 Å². The third-order valence-electron chi connectivity index (χ3n) is 3.43. The Morgan fingerprint density at radius 3 is 2.63 bits per heavy atom. The largest absolute Gasteiger partial charge is 0.490 e. The number of hydrogen-bond donors (Lipinski definition) is 2. The van der Waals surface area contributed by atoms with Gasteiger partial charge in [0.1, 0.15) is 6.61 Å². The lowest BCUT2D eigenvalue weighted by atomic mass is 10.0. The molecule has 0 spiro atoms. The van der Waals surface area contributed by atoms with Crippen molar-refractivity contribution in [1.82, 2.24) is 10.6 Å². The summed E-state index contributed by atoms with van der Waals surface area (Å²) in [5.41, 5.74) is 0.211. The molecule has 0 bridgehead atoms. The van der Waals surface area contributed by atoms with Gasteiger partial charge in [-0.1, -0.05) is 12.1 Å². The van der Waals surface area contributed by atoms with Crippen LogP contribution in [0.3, 0.4) is 0 Å². The molecule has 1 unspecified atom stereocenters. The standard InChI is InChI=1S/C15H24N2O2/c1-3-18-13-6-4-5-7-14(13)19-11-10-17-15(2)8-9-16-12-15/h4-7,16-17H,3,8-12H2,1-2H3. The minimum Gasteiger partial charge on any atom is -0.490 e. The summed E-state index contributed by atoms with van der Waals surface area (Å²) >= 11 is 0. The van der Waals surface area contributed by atoms with Gasteiger partial charge in [0.05, 0.1) is 6.61 Å². The summed E-state index contributed by atoms with van der Waals surface area (Å²) in [6, 6.07) is 7.81. The highest BCUT2D eigenvalue weighted by molar-refractivity contribution is 5.39. The van der Waals surface area contributed by atoms with Crippen molar-refractivity contribution in [1.29, 1.82) is 0 Å². The van der Waals surface area contributed by atoms with Crippen LogP contribution in [-0.4, -0.2) is 38.4 Å². The number of benzene rings is 1. The number of ether oxygens (including phenoxy) is 2. The normalized spacial score (nSPS) is 22.4. The molecule has 0 saturated carbocycles. The predicted molar refractivity (Wildman–Crippen MR) is 77.0 cm³/mol. The van der Waals surface area contributed by atoms with Gasteiger partial charge in [0.25, 0.3) is 0 Å². The highest BCUT2D eigenvalue weighted by Gasteiger charge is 2.27. The van der Waals surface area contributed by atoms with E-state index in [0.717, 1.165) is 31.1 Å². The fraction of sp³-hybridized carbons (Fsp3) is 0.600. The first-order valence-electron chi connectivity index (χ1n) is 7.04. The van der Waals surface area contributed by atoms with E-state index in [1.807, 2.05) is 31.2 Å². The summed E-state index contributed by atoms with van der Waals surface area (Å²) in [4.78, 5) is 0. The molecule has 2 N–H and O–H groups in total. The minimum atomic E-state index is 0.211. The van der Waals surface area contributed by atoms with Gasteiger partial charge >= 0.3 is 0 Å². The lowest BCUT2D eigenvalue weighted by Gasteiger charge is -2.24. The van der Waals surface area contributed by atoms with E-state index in [2.05, 4.69) is 17.6 Å². The summed E-state index contributed by atoms with van der Waals surface area (Å²) in [5.74, 6) is 1.64. The number of nitrogens with one attached hydrogen (secondary N) is 2. The number of rotatable bonds is 7. The Kier molecular flexibility index (Phi) is 5.05. The topological polar surface area (TPSA) is 42.5 Å². The van der Waals surface area contributed by atoms with E-state index >= 15 is 0 Å². The van der Waals surface area contributed by atoms with Crippen LogP contribution in [0.15, 0.2) is 24.3 Å². The maximum atomic E-state index is 5.79. The van der Waals surface area contributed by atoms with Crippen molar-refractivity contribution in [2.75, 3.05) is 32.8 Å². The molecule has 0 radical (unpaired) electrons. The third-order valence-corrected chi connectivity index (χ3v) is 3.43. The summed E-state index contributed by atoms with van der Waals surface area (Å²) in [7, 11) is 0. The molecule has 1 aliphatic heterocycles. The van der Waals surface area contributed by atoms with Crippen LogP contribution in [-0.2, 0) is 0 Å². The van der Waals surface area contributed by atoms with Crippen molar-refractivity contribution in [3.63, 3.8) is 0 Å². The fourth-order valence-corrected chi connectivity index (χ4v) is 2.33. The Bertz CT molecular complexity index is 389. The van der Waals surface area contributed by atoms with Gasteiger partial charge in [-0.25, -0.2) is 0 Å². The second-order valence-corrected chi connectivity index (χ2v) is 5.14. The molecule has 0 aliphatic carbocycles. The molecule has 106 valence electrons. The lowest BCUT2D eigenvalue weighted by molar-refractivity contribution is 0.261. The van der Waals surface area contributed by atoms with E-state index in [9.17, 15) is 0 Å². The lowest BCUT2D eigenvalue weighted by Crippen LogP contribution is -2.45. The van der Waals surface area contributed by atoms with E-state index in [0.29, 0.717) is 13.2 Å². The van der Waals surface area contributed by atoms with Gasteiger partial charge < -0.3 is 20.1 Å². The molecule has 19 heavy (non-hydrogen) atoms. The molecule has 1 saturated heterocycles. The summed E-state index contributed by atoms with van der Waals surface area (Å²) in [6.45, 7) is 8.51. The Balaban J connectivity index is 1.76. The van der Waals surface area contributed by atoms with Gasteiger partial charge in [-0.2, -0.15) is 0 Å². The zero-order chi connectivity index (χ0) is 13.6. The zero-order valence-electron chi connectivity index (χ0n) is 11.9. The first kappa shape index (κ1) is 14.2. The Labute approximate surface area is 115 Å². The van der Waals surface area contributed by atoms with Gasteiger partial charge in [-0.3, -0.25) is 0 Å². The van der Waals surface area contributed by atoms with Crippen LogP contribution in [0, 0.1) is 0 Å². The Morgan fingerprint density at radius 2 is 2.00 bits per heavy atom. The first-order valence-corrected chi connectivity index (χ1v) is 7.04. The molecule has 1 atom stereocenters. The highest BCUT2D eigenvalue weighted by atomic mass is 16.5. The summed E-state index contributed by atoms with van der Waals surface area (Å²) in [5, 5.41) is 6.93. The minimum absolute atomic E-state index is 0.211. The zero-order valence-corrected chi connectivity index (χ0v) is 11.9. The monoisotopic (exact) mass is 264 g/mol. The smallest absolute Gasteiger partial charge is 0.161 e. The second kappa shape index (κ2) is 6.78. The number of hydrogen-bond acceptors (Lipinski definition) is 4. The maximum Gasteiger partial charge on any atom is 0.161 e. The van der Waals surface area contributed by atoms with E-state index in [1.54, 1.807) is 0 Å². The van der Waals surface area contributed by atoms with Crippen molar-refractivity contribution in [2.45, 2.75) is 25.8 Å². The van der Waals surface area contributed by atoms with Crippen LogP contribution in [0.2, 0.25) is 0 Å². The number of para-hydroxylation sites is 2. The average Bonchev–Trinajstić information content (AvgIpc) is 2.84. The Hall–Kier alpha value is -1.26. The molecule has 1 fully saturated rings. The molecular formula is C15H24N2O2.